The van der Waals surface area contributed by atoms with Crippen LogP contribution in [0.1, 0.15) is 5.56 Å². The SMILES string of the molecule is CN(C)CN1C(=O)SC(=Cc2ccc(F)cc2)C1=O. The number of hydrogen-bond donors (Lipinski definition) is 0. The highest BCUT2D eigenvalue weighted by atomic mass is 32.2. The average molecular weight is 280 g/mol. The van der Waals surface area contributed by atoms with Crippen LogP contribution in [-0.4, -0.2) is 41.7 Å². The smallest absolute Gasteiger partial charge is 0.292 e. The number of rotatable bonds is 3. The van der Waals surface area contributed by atoms with Gasteiger partial charge in [0.25, 0.3) is 11.1 Å². The summed E-state index contributed by atoms with van der Waals surface area (Å²) in [6, 6.07) is 5.76. The molecule has 0 unspecified atom stereocenters. The standard InChI is InChI=1S/C13H13FN2O2S/c1-15(2)8-16-12(17)11(19-13(16)18)7-9-3-5-10(14)6-4-9/h3-7H,8H2,1-2H3. The zero-order valence-corrected chi connectivity index (χ0v) is 11.4. The van der Waals surface area contributed by atoms with Gasteiger partial charge in [0.15, 0.2) is 0 Å². The maximum absolute atomic E-state index is 12.8. The molecule has 19 heavy (non-hydrogen) atoms. The van der Waals surface area contributed by atoms with Crippen molar-refractivity contribution in [2.24, 2.45) is 0 Å². The zero-order chi connectivity index (χ0) is 14.0. The number of thioether (sulfide) groups is 1. The van der Waals surface area contributed by atoms with Crippen LogP contribution in [0.4, 0.5) is 9.18 Å². The number of amides is 2. The van der Waals surface area contributed by atoms with Gasteiger partial charge in [0.1, 0.15) is 5.82 Å². The Morgan fingerprint density at radius 3 is 2.47 bits per heavy atom. The van der Waals surface area contributed by atoms with E-state index in [9.17, 15) is 14.0 Å². The molecule has 0 spiro atoms. The average Bonchev–Trinajstić information content (AvgIpc) is 2.60. The molecule has 1 aromatic rings. The van der Waals surface area contributed by atoms with Crippen molar-refractivity contribution in [1.82, 2.24) is 9.80 Å². The van der Waals surface area contributed by atoms with E-state index in [0.29, 0.717) is 10.5 Å². The minimum atomic E-state index is -0.335. The van der Waals surface area contributed by atoms with Gasteiger partial charge in [-0.15, -0.1) is 0 Å². The topological polar surface area (TPSA) is 40.6 Å². The molecule has 6 heteroatoms. The summed E-state index contributed by atoms with van der Waals surface area (Å²) in [7, 11) is 3.57. The molecule has 0 aliphatic carbocycles. The second-order valence-electron chi connectivity index (χ2n) is 4.38. The van der Waals surface area contributed by atoms with Gasteiger partial charge in [-0.05, 0) is 49.6 Å². The van der Waals surface area contributed by atoms with E-state index in [-0.39, 0.29) is 23.6 Å². The van der Waals surface area contributed by atoms with Gasteiger partial charge in [-0.1, -0.05) is 12.1 Å². The predicted octanol–water partition coefficient (Wildman–Crippen LogP) is 2.38. The van der Waals surface area contributed by atoms with E-state index < -0.39 is 0 Å². The van der Waals surface area contributed by atoms with Crippen molar-refractivity contribution in [2.75, 3.05) is 20.8 Å². The van der Waals surface area contributed by atoms with Crippen LogP contribution >= 0.6 is 11.8 Å². The summed E-state index contributed by atoms with van der Waals surface area (Å²) in [5.41, 5.74) is 0.691. The van der Waals surface area contributed by atoms with Gasteiger partial charge < -0.3 is 0 Å². The molecular formula is C13H13FN2O2S. The first kappa shape index (κ1) is 13.8. The van der Waals surface area contributed by atoms with E-state index in [1.807, 2.05) is 0 Å². The Balaban J connectivity index is 2.20. The Morgan fingerprint density at radius 2 is 1.89 bits per heavy atom. The highest BCUT2D eigenvalue weighted by molar-refractivity contribution is 8.18. The lowest BCUT2D eigenvalue weighted by molar-refractivity contribution is -0.123. The maximum Gasteiger partial charge on any atom is 0.294 e. The quantitative estimate of drug-likeness (QED) is 0.797. The molecule has 0 aromatic heterocycles. The van der Waals surface area contributed by atoms with E-state index in [0.717, 1.165) is 11.8 Å². The molecule has 4 nitrogen and oxygen atoms in total. The second-order valence-corrected chi connectivity index (χ2v) is 5.38. The Labute approximate surface area is 114 Å². The summed E-state index contributed by atoms with van der Waals surface area (Å²) in [5, 5.41) is -0.285. The van der Waals surface area contributed by atoms with Crippen molar-refractivity contribution in [3.05, 3.63) is 40.6 Å². The van der Waals surface area contributed by atoms with Crippen molar-refractivity contribution >= 4 is 29.0 Å². The molecule has 0 saturated carbocycles. The minimum absolute atomic E-state index is 0.255. The first-order chi connectivity index (χ1) is 8.97. The molecule has 0 N–H and O–H groups in total. The molecule has 0 atom stereocenters. The molecule has 100 valence electrons. The first-order valence-electron chi connectivity index (χ1n) is 5.63. The highest BCUT2D eigenvalue weighted by Gasteiger charge is 2.35. The number of carbonyl (C=O) groups excluding carboxylic acids is 2. The minimum Gasteiger partial charge on any atom is -0.292 e. The number of hydrogen-bond acceptors (Lipinski definition) is 4. The van der Waals surface area contributed by atoms with E-state index in [2.05, 4.69) is 0 Å². The number of nitrogens with zero attached hydrogens (tertiary/aromatic N) is 2. The maximum atomic E-state index is 12.8. The van der Waals surface area contributed by atoms with Crippen LogP contribution in [0, 0.1) is 5.82 Å². The molecule has 2 rings (SSSR count). The van der Waals surface area contributed by atoms with Gasteiger partial charge in [-0.3, -0.25) is 19.4 Å². The number of benzene rings is 1. The Bertz CT molecular complexity index is 540. The Morgan fingerprint density at radius 1 is 1.26 bits per heavy atom. The van der Waals surface area contributed by atoms with E-state index in [1.165, 1.54) is 17.0 Å². The summed E-state index contributed by atoms with van der Waals surface area (Å²) >= 11 is 0.901. The van der Waals surface area contributed by atoms with Crippen molar-refractivity contribution in [2.45, 2.75) is 0 Å². The monoisotopic (exact) mass is 280 g/mol. The lowest BCUT2D eigenvalue weighted by Gasteiger charge is -2.17. The lowest BCUT2D eigenvalue weighted by atomic mass is 10.2. The van der Waals surface area contributed by atoms with E-state index in [1.54, 1.807) is 37.2 Å². The zero-order valence-electron chi connectivity index (χ0n) is 10.6. The van der Waals surface area contributed by atoms with Gasteiger partial charge in [-0.25, -0.2) is 4.39 Å². The Hall–Kier alpha value is -1.66. The van der Waals surface area contributed by atoms with Crippen molar-refractivity contribution in [3.8, 4) is 0 Å². The molecule has 1 aliphatic rings. The molecule has 1 saturated heterocycles. The summed E-state index contributed by atoms with van der Waals surface area (Å²) in [6.07, 6.45) is 1.60. The largest absolute Gasteiger partial charge is 0.294 e. The normalized spacial score (nSPS) is 17.9. The fourth-order valence-corrected chi connectivity index (χ4v) is 2.45. The van der Waals surface area contributed by atoms with Crippen molar-refractivity contribution < 1.29 is 14.0 Å². The van der Waals surface area contributed by atoms with Crippen LogP contribution in [0.3, 0.4) is 0 Å². The second kappa shape index (κ2) is 5.54. The molecule has 0 bridgehead atoms. The summed E-state index contributed by atoms with van der Waals surface area (Å²) in [5.74, 6) is -0.647. The third-order valence-electron chi connectivity index (χ3n) is 2.47. The van der Waals surface area contributed by atoms with Gasteiger partial charge in [0.2, 0.25) is 0 Å². The van der Waals surface area contributed by atoms with Crippen LogP contribution in [0.2, 0.25) is 0 Å². The molecule has 1 heterocycles. The number of carbonyl (C=O) groups is 2. The van der Waals surface area contributed by atoms with Crippen LogP contribution in [0.15, 0.2) is 29.2 Å². The van der Waals surface area contributed by atoms with Gasteiger partial charge >= 0.3 is 0 Å². The van der Waals surface area contributed by atoms with Crippen LogP contribution in [0.5, 0.6) is 0 Å². The van der Waals surface area contributed by atoms with Crippen LogP contribution in [0.25, 0.3) is 6.08 Å². The van der Waals surface area contributed by atoms with Gasteiger partial charge in [-0.2, -0.15) is 0 Å². The predicted molar refractivity (Wildman–Crippen MR) is 72.8 cm³/mol. The number of halogens is 1. The Kier molecular flexibility index (Phi) is 4.01. The lowest BCUT2D eigenvalue weighted by Crippen LogP contribution is -2.36. The molecule has 2 amide bonds. The van der Waals surface area contributed by atoms with Crippen LogP contribution < -0.4 is 0 Å². The molecule has 1 aliphatic heterocycles. The van der Waals surface area contributed by atoms with E-state index >= 15 is 0 Å². The highest BCUT2D eigenvalue weighted by Crippen LogP contribution is 2.32. The summed E-state index contributed by atoms with van der Waals surface area (Å²) in [6.45, 7) is 0.255. The van der Waals surface area contributed by atoms with Crippen LogP contribution in [-0.2, 0) is 4.79 Å². The van der Waals surface area contributed by atoms with Gasteiger partial charge in [0, 0.05) is 0 Å². The summed E-state index contributed by atoms with van der Waals surface area (Å²) < 4.78 is 12.8. The molecule has 1 aromatic carbocycles. The summed E-state index contributed by atoms with van der Waals surface area (Å²) in [4.78, 5) is 27.0. The molecule has 1 fully saturated rings. The van der Waals surface area contributed by atoms with Crippen molar-refractivity contribution in [3.63, 3.8) is 0 Å². The van der Waals surface area contributed by atoms with Crippen molar-refractivity contribution in [1.29, 1.82) is 0 Å². The van der Waals surface area contributed by atoms with E-state index in [4.69, 9.17) is 0 Å². The fraction of sp³-hybridized carbons (Fsp3) is 0.231. The molecular weight excluding hydrogens is 267 g/mol. The van der Waals surface area contributed by atoms with Gasteiger partial charge in [0.05, 0.1) is 11.6 Å². The third-order valence-corrected chi connectivity index (χ3v) is 3.37. The first-order valence-corrected chi connectivity index (χ1v) is 6.44. The molecule has 0 radical (unpaired) electrons. The third kappa shape index (κ3) is 3.21. The number of imide groups is 1. The fourth-order valence-electron chi connectivity index (χ4n) is 1.62.